The number of carboxylic acids is 1. The second-order valence-corrected chi connectivity index (χ2v) is 7.12. The molecule has 0 bridgehead atoms. The molecule has 0 rings (SSSR count). The van der Waals surface area contributed by atoms with Crippen LogP contribution >= 0.6 is 0 Å². The maximum atomic E-state index is 11.9. The first kappa shape index (κ1) is 27.6. The normalized spacial score (nSPS) is 10.4. The molecular formula is C21H28O10. The summed E-state index contributed by atoms with van der Waals surface area (Å²) < 4.78 is 20.5. The van der Waals surface area contributed by atoms with Crippen molar-refractivity contribution in [3.05, 3.63) is 36.5 Å². The fourth-order valence-corrected chi connectivity index (χ4v) is 1.79. The van der Waals surface area contributed by atoms with Gasteiger partial charge in [-0.1, -0.05) is 19.7 Å². The van der Waals surface area contributed by atoms with Crippen molar-refractivity contribution < 1.29 is 48.0 Å². The predicted octanol–water partition coefficient (Wildman–Crippen LogP) is 1.74. The average molecular weight is 440 g/mol. The number of carbonyl (C=O) groups is 5. The van der Waals surface area contributed by atoms with Crippen LogP contribution in [0.4, 0.5) is 0 Å². The van der Waals surface area contributed by atoms with Gasteiger partial charge in [0.25, 0.3) is 0 Å². The van der Waals surface area contributed by atoms with Crippen LogP contribution in [0, 0.1) is 5.41 Å². The molecule has 0 saturated carbocycles. The van der Waals surface area contributed by atoms with Gasteiger partial charge < -0.3 is 24.1 Å². The van der Waals surface area contributed by atoms with E-state index >= 15 is 0 Å². The molecule has 31 heavy (non-hydrogen) atoms. The van der Waals surface area contributed by atoms with E-state index in [-0.39, 0.29) is 16.7 Å². The van der Waals surface area contributed by atoms with Crippen molar-refractivity contribution in [3.63, 3.8) is 0 Å². The molecule has 172 valence electrons. The third kappa shape index (κ3) is 11.4. The fourth-order valence-electron chi connectivity index (χ4n) is 1.79. The Morgan fingerprint density at radius 2 is 0.968 bits per heavy atom. The maximum absolute atomic E-state index is 11.9. The maximum Gasteiger partial charge on any atom is 0.333 e. The molecule has 1 N–H and O–H groups in total. The van der Waals surface area contributed by atoms with Crippen LogP contribution in [-0.4, -0.2) is 61.4 Å². The summed E-state index contributed by atoms with van der Waals surface area (Å²) in [6.45, 7) is 12.7. The monoisotopic (exact) mass is 440 g/mol. The number of esters is 4. The van der Waals surface area contributed by atoms with Crippen LogP contribution in [0.5, 0.6) is 0 Å². The third-order valence-electron chi connectivity index (χ3n) is 3.66. The molecule has 0 atom stereocenters. The molecule has 0 aliphatic rings. The molecule has 0 aromatic heterocycles. The smallest absolute Gasteiger partial charge is 0.333 e. The van der Waals surface area contributed by atoms with Gasteiger partial charge >= 0.3 is 29.8 Å². The van der Waals surface area contributed by atoms with Crippen molar-refractivity contribution in [1.29, 1.82) is 0 Å². The van der Waals surface area contributed by atoms with Crippen molar-refractivity contribution >= 4 is 29.8 Å². The topological polar surface area (TPSA) is 143 Å². The predicted molar refractivity (Wildman–Crippen MR) is 108 cm³/mol. The molecule has 0 spiro atoms. The van der Waals surface area contributed by atoms with E-state index in [1.165, 1.54) is 20.8 Å². The number of ether oxygens (including phenoxy) is 4. The van der Waals surface area contributed by atoms with E-state index in [1.807, 2.05) is 0 Å². The Hall–Kier alpha value is -3.43. The van der Waals surface area contributed by atoms with E-state index in [0.29, 0.717) is 0 Å². The summed E-state index contributed by atoms with van der Waals surface area (Å²) in [6, 6.07) is 0. The molecule has 0 heterocycles. The Balaban J connectivity index is 5.63. The lowest BCUT2D eigenvalue weighted by Crippen LogP contribution is -2.44. The molecule has 0 radical (unpaired) electrons. The van der Waals surface area contributed by atoms with Gasteiger partial charge in [0.1, 0.15) is 31.8 Å². The van der Waals surface area contributed by atoms with Gasteiger partial charge in [-0.2, -0.15) is 0 Å². The van der Waals surface area contributed by atoms with Crippen molar-refractivity contribution in [2.24, 2.45) is 5.41 Å². The van der Waals surface area contributed by atoms with Gasteiger partial charge in [0.2, 0.25) is 0 Å². The molecule has 10 heteroatoms. The number of carboxylic acid groups (broad SMARTS) is 1. The molecule has 0 aromatic rings. The number of aliphatic carboxylic acids is 1. The standard InChI is InChI=1S/C21H28O10/c1-13(2)18(25)29-10-21(11-30-19(26)14(3)4,12-31-20(27)15(5)6)9-28-17(24)8-7-16(22)23/h1,3,5,7-12H2,2,4,6H3,(H,22,23). The Bertz CT molecular complexity index is 688. The quantitative estimate of drug-likeness (QED) is 0.241. The summed E-state index contributed by atoms with van der Waals surface area (Å²) in [5.74, 6) is -4.34. The summed E-state index contributed by atoms with van der Waals surface area (Å²) in [5.41, 5.74) is -1.21. The Morgan fingerprint density at radius 3 is 1.26 bits per heavy atom. The minimum atomic E-state index is -1.47. The number of rotatable bonds is 14. The van der Waals surface area contributed by atoms with Crippen LogP contribution in [-0.2, 0) is 42.9 Å². The first-order valence-corrected chi connectivity index (χ1v) is 9.15. The summed E-state index contributed by atoms with van der Waals surface area (Å²) in [6.07, 6.45) is -0.861. The van der Waals surface area contributed by atoms with Gasteiger partial charge in [0.15, 0.2) is 0 Å². The van der Waals surface area contributed by atoms with Gasteiger partial charge in [-0.3, -0.25) is 9.59 Å². The molecule has 0 aliphatic carbocycles. The van der Waals surface area contributed by atoms with E-state index in [0.717, 1.165) is 0 Å². The van der Waals surface area contributed by atoms with E-state index < -0.39 is 74.5 Å². The van der Waals surface area contributed by atoms with Gasteiger partial charge in [-0.25, -0.2) is 14.4 Å². The average Bonchev–Trinajstić information content (AvgIpc) is 2.69. The first-order chi connectivity index (χ1) is 14.3. The Labute approximate surface area is 180 Å². The highest BCUT2D eigenvalue weighted by Crippen LogP contribution is 2.23. The highest BCUT2D eigenvalue weighted by atomic mass is 16.6. The minimum absolute atomic E-state index is 0.0882. The molecule has 0 aromatic carbocycles. The second kappa shape index (κ2) is 13.0. The minimum Gasteiger partial charge on any atom is -0.481 e. The molecule has 0 saturated heterocycles. The molecule has 0 aliphatic heterocycles. The lowest BCUT2D eigenvalue weighted by atomic mass is 9.92. The van der Waals surface area contributed by atoms with E-state index in [4.69, 9.17) is 24.1 Å². The van der Waals surface area contributed by atoms with Crippen LogP contribution in [0.1, 0.15) is 33.6 Å². The van der Waals surface area contributed by atoms with Crippen molar-refractivity contribution in [2.45, 2.75) is 33.6 Å². The van der Waals surface area contributed by atoms with E-state index in [1.54, 1.807) is 0 Å². The molecule has 0 amide bonds. The van der Waals surface area contributed by atoms with Crippen molar-refractivity contribution in [1.82, 2.24) is 0 Å². The largest absolute Gasteiger partial charge is 0.481 e. The zero-order chi connectivity index (χ0) is 24.2. The van der Waals surface area contributed by atoms with Crippen LogP contribution in [0.2, 0.25) is 0 Å². The van der Waals surface area contributed by atoms with Crippen LogP contribution in [0.3, 0.4) is 0 Å². The van der Waals surface area contributed by atoms with Crippen molar-refractivity contribution in [3.8, 4) is 0 Å². The van der Waals surface area contributed by atoms with Crippen LogP contribution in [0.25, 0.3) is 0 Å². The van der Waals surface area contributed by atoms with Gasteiger partial charge in [0, 0.05) is 16.7 Å². The summed E-state index contributed by atoms with van der Waals surface area (Å²) in [4.78, 5) is 58.1. The van der Waals surface area contributed by atoms with Crippen molar-refractivity contribution in [2.75, 3.05) is 26.4 Å². The van der Waals surface area contributed by atoms with Gasteiger partial charge in [-0.05, 0) is 20.8 Å². The molecule has 10 nitrogen and oxygen atoms in total. The van der Waals surface area contributed by atoms with Gasteiger partial charge in [0.05, 0.1) is 12.8 Å². The summed E-state index contributed by atoms with van der Waals surface area (Å²) in [5, 5.41) is 8.68. The highest BCUT2D eigenvalue weighted by molar-refractivity contribution is 5.88. The lowest BCUT2D eigenvalue weighted by molar-refractivity contribution is -0.167. The fraction of sp³-hybridized carbons (Fsp3) is 0.476. The van der Waals surface area contributed by atoms with E-state index in [9.17, 15) is 24.0 Å². The van der Waals surface area contributed by atoms with E-state index in [2.05, 4.69) is 19.7 Å². The SMILES string of the molecule is C=C(C)C(=O)OCC(COC(=O)CCC(=O)O)(COC(=O)C(=C)C)COC(=O)C(=C)C. The Morgan fingerprint density at radius 1 is 0.645 bits per heavy atom. The summed E-state index contributed by atoms with van der Waals surface area (Å²) in [7, 11) is 0. The number of carbonyl (C=O) groups excluding carboxylic acids is 4. The number of hydrogen-bond donors (Lipinski definition) is 1. The first-order valence-electron chi connectivity index (χ1n) is 9.15. The van der Waals surface area contributed by atoms with Crippen LogP contribution < -0.4 is 0 Å². The van der Waals surface area contributed by atoms with Crippen LogP contribution in [0.15, 0.2) is 36.5 Å². The van der Waals surface area contributed by atoms with Gasteiger partial charge in [-0.15, -0.1) is 0 Å². The molecule has 0 unspecified atom stereocenters. The zero-order valence-electron chi connectivity index (χ0n) is 18.0. The highest BCUT2D eigenvalue weighted by Gasteiger charge is 2.38. The zero-order valence-corrected chi connectivity index (χ0v) is 18.0. The number of hydrogen-bond acceptors (Lipinski definition) is 9. The molecular weight excluding hydrogens is 412 g/mol. The summed E-state index contributed by atoms with van der Waals surface area (Å²) >= 11 is 0. The molecule has 0 fully saturated rings. The Kier molecular flexibility index (Phi) is 11.6. The second-order valence-electron chi connectivity index (χ2n) is 7.12. The lowest BCUT2D eigenvalue weighted by Gasteiger charge is -2.31. The third-order valence-corrected chi connectivity index (χ3v) is 3.66.